The summed E-state index contributed by atoms with van der Waals surface area (Å²) in [5, 5.41) is 0. The van der Waals surface area contributed by atoms with Gasteiger partial charge in [0.05, 0.1) is 0 Å². The molecule has 3 rings (SSSR count). The molecule has 0 N–H and O–H groups in total. The first-order chi connectivity index (χ1) is 17.6. The number of amides is 1. The Morgan fingerprint density at radius 1 is 0.973 bits per heavy atom. The van der Waals surface area contributed by atoms with Crippen LogP contribution in [0.25, 0.3) is 0 Å². The van der Waals surface area contributed by atoms with E-state index in [1.54, 1.807) is 5.56 Å². The average molecular weight is 621 g/mol. The summed E-state index contributed by atoms with van der Waals surface area (Å²) in [5.41, 5.74) is 0.541. The molecule has 3 atom stereocenters. The monoisotopic (exact) mass is 621 g/mol. The number of carbonyl (C=O) groups excluding carboxylic acids is 1. The quantitative estimate of drug-likeness (QED) is 0.206. The van der Waals surface area contributed by atoms with Crippen molar-refractivity contribution in [2.45, 2.75) is 141 Å². The summed E-state index contributed by atoms with van der Waals surface area (Å²) in [7, 11) is 0. The molecule has 1 heterocycles. The molecule has 4 nitrogen and oxygen atoms in total. The molecule has 2 aliphatic rings. The fourth-order valence-corrected chi connectivity index (χ4v) is 27.6. The van der Waals surface area contributed by atoms with Gasteiger partial charge in [0.25, 0.3) is 0 Å². The predicted molar refractivity (Wildman–Crippen MR) is 158 cm³/mol. The van der Waals surface area contributed by atoms with Crippen molar-refractivity contribution in [3.05, 3.63) is 35.9 Å². The summed E-state index contributed by atoms with van der Waals surface area (Å²) in [6, 6.07) is 11.4. The van der Waals surface area contributed by atoms with Crippen LogP contribution in [0, 0.1) is 5.92 Å². The second kappa shape index (κ2) is 13.5. The number of ether oxygens (including phenoxy) is 2. The van der Waals surface area contributed by atoms with Crippen molar-refractivity contribution < 1.29 is 14.3 Å². The Bertz CT molecular complexity index is 802. The first kappa shape index (κ1) is 30.8. The summed E-state index contributed by atoms with van der Waals surface area (Å²) in [5.74, 6) is 0.447. The van der Waals surface area contributed by atoms with E-state index in [4.69, 9.17) is 9.47 Å². The average Bonchev–Trinajstić information content (AvgIpc) is 3.40. The minimum absolute atomic E-state index is 0.00543. The summed E-state index contributed by atoms with van der Waals surface area (Å²) < 4.78 is 17.6. The number of benzene rings is 1. The molecular weight excluding hydrogens is 565 g/mol. The van der Waals surface area contributed by atoms with E-state index in [1.807, 2.05) is 18.7 Å². The maximum absolute atomic E-state index is 13.7. The van der Waals surface area contributed by atoms with E-state index in [-0.39, 0.29) is 17.7 Å². The van der Waals surface area contributed by atoms with Gasteiger partial charge in [0.1, 0.15) is 0 Å². The van der Waals surface area contributed by atoms with Crippen LogP contribution in [0.1, 0.15) is 116 Å². The van der Waals surface area contributed by atoms with Crippen LogP contribution >= 0.6 is 0 Å². The molecule has 1 saturated heterocycles. The van der Waals surface area contributed by atoms with Crippen molar-refractivity contribution in [3.63, 3.8) is 0 Å². The number of hydrogen-bond donors (Lipinski definition) is 0. The van der Waals surface area contributed by atoms with Gasteiger partial charge in [-0.25, -0.2) is 0 Å². The number of carbonyl (C=O) groups is 1. The SMILES string of the molecule is CCC[CH2][Sn]([CH2]CCC)([CH2]CCC)[C@@H](c1ccccc1)[C@@H]1CCC[C@H]1OC(=O)N1C(C)(C)COC1(C)C. The van der Waals surface area contributed by atoms with Crippen molar-refractivity contribution in [2.75, 3.05) is 6.61 Å². The van der Waals surface area contributed by atoms with Crippen LogP contribution < -0.4 is 0 Å². The fourth-order valence-electron chi connectivity index (χ4n) is 7.49. The normalized spacial score (nSPS) is 23.8. The molecule has 1 saturated carbocycles. The fraction of sp³-hybridized carbons (Fsp3) is 0.781. The molecule has 0 unspecified atom stereocenters. The minimum atomic E-state index is -2.70. The first-order valence-corrected chi connectivity index (χ1v) is 23.0. The molecule has 1 amide bonds. The Hall–Kier alpha value is -0.751. The Morgan fingerprint density at radius 2 is 1.54 bits per heavy atom. The van der Waals surface area contributed by atoms with Crippen molar-refractivity contribution in [1.82, 2.24) is 4.90 Å². The molecule has 210 valence electrons. The Morgan fingerprint density at radius 3 is 2.03 bits per heavy atom. The van der Waals surface area contributed by atoms with Crippen LogP contribution in [0.2, 0.25) is 13.3 Å². The van der Waals surface area contributed by atoms with Crippen LogP contribution in [-0.2, 0) is 9.47 Å². The van der Waals surface area contributed by atoms with Crippen LogP contribution in [0.4, 0.5) is 4.79 Å². The zero-order valence-electron chi connectivity index (χ0n) is 25.0. The van der Waals surface area contributed by atoms with Gasteiger partial charge in [-0.05, 0) is 0 Å². The van der Waals surface area contributed by atoms with Crippen molar-refractivity contribution in [3.8, 4) is 0 Å². The number of nitrogens with zero attached hydrogens (tertiary/aromatic N) is 1. The third-order valence-electron chi connectivity index (χ3n) is 9.19. The van der Waals surface area contributed by atoms with Crippen LogP contribution in [0.5, 0.6) is 0 Å². The van der Waals surface area contributed by atoms with Crippen LogP contribution in [0.15, 0.2) is 30.3 Å². The standard InChI is InChI=1S/C20H28NO3.3C4H9.Sn/c1-19(2)14-23-20(3,4)21(19)18(22)24-17-12-8-11-16(17)13-15-9-6-5-7-10-15;3*1-3-4-2;/h5-7,9-10,13,16-17H,8,11-12,14H2,1-4H3;3*1,3-4H2,2H3;/t16-,17+;;;;/m0..../s1. The van der Waals surface area contributed by atoms with E-state index < -0.39 is 24.1 Å². The zero-order chi connectivity index (χ0) is 27.1. The molecule has 1 aromatic carbocycles. The number of rotatable bonds is 13. The van der Waals surface area contributed by atoms with E-state index in [1.165, 1.54) is 58.3 Å². The van der Waals surface area contributed by atoms with E-state index in [2.05, 4.69) is 65.0 Å². The van der Waals surface area contributed by atoms with E-state index in [0.29, 0.717) is 16.5 Å². The van der Waals surface area contributed by atoms with Crippen LogP contribution in [0.3, 0.4) is 0 Å². The van der Waals surface area contributed by atoms with Crippen molar-refractivity contribution in [1.29, 1.82) is 0 Å². The van der Waals surface area contributed by atoms with E-state index in [9.17, 15) is 4.79 Å². The van der Waals surface area contributed by atoms with Gasteiger partial charge >= 0.3 is 233 Å². The first-order valence-electron chi connectivity index (χ1n) is 15.3. The van der Waals surface area contributed by atoms with Gasteiger partial charge in [0.2, 0.25) is 0 Å². The van der Waals surface area contributed by atoms with Crippen molar-refractivity contribution in [2.24, 2.45) is 5.92 Å². The zero-order valence-corrected chi connectivity index (χ0v) is 27.8. The molecule has 2 fully saturated rings. The Labute approximate surface area is 232 Å². The van der Waals surface area contributed by atoms with E-state index in [0.717, 1.165) is 12.8 Å². The maximum atomic E-state index is 13.7. The molecule has 1 aromatic rings. The summed E-state index contributed by atoms with van der Waals surface area (Å²) >= 11 is -2.70. The summed E-state index contributed by atoms with van der Waals surface area (Å²) in [4.78, 5) is 15.6. The van der Waals surface area contributed by atoms with Gasteiger partial charge < -0.3 is 0 Å². The Balaban J connectivity index is 1.99. The molecular formula is C32H55NO3Sn. The number of unbranched alkanes of at least 4 members (excludes halogenated alkanes) is 3. The Kier molecular flexibility index (Phi) is 11.3. The van der Waals surface area contributed by atoms with Gasteiger partial charge in [0, 0.05) is 0 Å². The van der Waals surface area contributed by atoms with Gasteiger partial charge in [-0.1, -0.05) is 0 Å². The van der Waals surface area contributed by atoms with Crippen LogP contribution in [-0.4, -0.2) is 53.3 Å². The second-order valence-electron chi connectivity index (χ2n) is 13.0. The summed E-state index contributed by atoms with van der Waals surface area (Å²) in [6.07, 6.45) is 11.1. The van der Waals surface area contributed by atoms with Gasteiger partial charge in [-0.3, -0.25) is 0 Å². The molecule has 0 aromatic heterocycles. The third-order valence-corrected chi connectivity index (χ3v) is 26.7. The molecule has 1 aliphatic carbocycles. The second-order valence-corrected chi connectivity index (χ2v) is 26.8. The molecule has 0 bridgehead atoms. The molecule has 5 heteroatoms. The summed E-state index contributed by atoms with van der Waals surface area (Å²) in [6.45, 7) is 15.8. The van der Waals surface area contributed by atoms with Crippen molar-refractivity contribution >= 4 is 24.5 Å². The molecule has 37 heavy (non-hydrogen) atoms. The van der Waals surface area contributed by atoms with Gasteiger partial charge in [-0.2, -0.15) is 0 Å². The predicted octanol–water partition coefficient (Wildman–Crippen LogP) is 9.31. The number of hydrogen-bond acceptors (Lipinski definition) is 3. The van der Waals surface area contributed by atoms with Gasteiger partial charge in [0.15, 0.2) is 0 Å². The molecule has 1 aliphatic heterocycles. The van der Waals surface area contributed by atoms with Gasteiger partial charge in [-0.15, -0.1) is 0 Å². The topological polar surface area (TPSA) is 38.8 Å². The third kappa shape index (κ3) is 7.26. The van der Waals surface area contributed by atoms with E-state index >= 15 is 0 Å². The molecule has 0 radical (unpaired) electrons. The molecule has 0 spiro atoms.